The standard InChI is InChI=1S/C17H23NO5/c1-11-5-6-12(7-14(11)15(19)20)10-22-13-8-18(9-13)16(21)23-17(2,3)4/h5-7,13H,8-10H2,1-4H3,(H,19,20). The molecule has 126 valence electrons. The van der Waals surface area contributed by atoms with Crippen molar-refractivity contribution in [1.29, 1.82) is 0 Å². The second-order valence-corrected chi connectivity index (χ2v) is 6.77. The fraction of sp³-hybridized carbons (Fsp3) is 0.529. The van der Waals surface area contributed by atoms with Gasteiger partial charge in [-0.25, -0.2) is 9.59 Å². The maximum atomic E-state index is 11.8. The zero-order valence-electron chi connectivity index (χ0n) is 14.0. The summed E-state index contributed by atoms with van der Waals surface area (Å²) in [5.41, 5.74) is 1.32. The molecule has 1 aromatic rings. The number of hydrogen-bond donors (Lipinski definition) is 1. The molecule has 1 fully saturated rings. The highest BCUT2D eigenvalue weighted by Gasteiger charge is 2.34. The van der Waals surface area contributed by atoms with Crippen LogP contribution in [0.15, 0.2) is 18.2 Å². The van der Waals surface area contributed by atoms with Crippen molar-refractivity contribution in [3.05, 3.63) is 34.9 Å². The number of carbonyl (C=O) groups is 2. The van der Waals surface area contributed by atoms with Gasteiger partial charge in [0.25, 0.3) is 0 Å². The van der Waals surface area contributed by atoms with Crippen LogP contribution in [0.2, 0.25) is 0 Å². The van der Waals surface area contributed by atoms with E-state index in [0.29, 0.717) is 19.7 Å². The van der Waals surface area contributed by atoms with Crippen molar-refractivity contribution in [2.45, 2.75) is 46.0 Å². The first-order chi connectivity index (χ1) is 10.7. The molecule has 1 heterocycles. The Labute approximate surface area is 136 Å². The summed E-state index contributed by atoms with van der Waals surface area (Å²) in [6.45, 7) is 8.56. The number of rotatable bonds is 4. The lowest BCUT2D eigenvalue weighted by atomic mass is 10.1. The molecule has 23 heavy (non-hydrogen) atoms. The molecule has 1 amide bonds. The van der Waals surface area contributed by atoms with Gasteiger partial charge in [-0.15, -0.1) is 0 Å². The highest BCUT2D eigenvalue weighted by molar-refractivity contribution is 5.89. The number of aromatic carboxylic acids is 1. The normalized spacial score (nSPS) is 15.2. The van der Waals surface area contributed by atoms with Gasteiger partial charge in [0.05, 0.1) is 31.4 Å². The number of likely N-dealkylation sites (tertiary alicyclic amines) is 1. The number of carboxylic acid groups (broad SMARTS) is 1. The van der Waals surface area contributed by atoms with E-state index in [9.17, 15) is 9.59 Å². The molecule has 6 nitrogen and oxygen atoms in total. The van der Waals surface area contributed by atoms with Crippen LogP contribution in [-0.2, 0) is 16.1 Å². The van der Waals surface area contributed by atoms with Gasteiger partial charge in [0.15, 0.2) is 0 Å². The number of carbonyl (C=O) groups excluding carboxylic acids is 1. The highest BCUT2D eigenvalue weighted by atomic mass is 16.6. The number of carboxylic acids is 1. The maximum absolute atomic E-state index is 11.8. The third-order valence-electron chi connectivity index (χ3n) is 3.52. The van der Waals surface area contributed by atoms with Gasteiger partial charge in [-0.3, -0.25) is 0 Å². The van der Waals surface area contributed by atoms with Gasteiger partial charge in [-0.1, -0.05) is 12.1 Å². The molecule has 0 spiro atoms. The molecule has 1 aliphatic heterocycles. The van der Waals surface area contributed by atoms with E-state index in [4.69, 9.17) is 14.6 Å². The van der Waals surface area contributed by atoms with Crippen LogP contribution in [0.5, 0.6) is 0 Å². The second kappa shape index (κ2) is 6.58. The molecule has 1 N–H and O–H groups in total. The number of aryl methyl sites for hydroxylation is 1. The molecular formula is C17H23NO5. The SMILES string of the molecule is Cc1ccc(COC2CN(C(=O)OC(C)(C)C)C2)cc1C(=O)O. The third-order valence-corrected chi connectivity index (χ3v) is 3.52. The first kappa shape index (κ1) is 17.3. The molecule has 1 saturated heterocycles. The van der Waals surface area contributed by atoms with Crippen molar-refractivity contribution in [3.8, 4) is 0 Å². The number of hydrogen-bond acceptors (Lipinski definition) is 4. The predicted molar refractivity (Wildman–Crippen MR) is 84.5 cm³/mol. The number of amides is 1. The lowest BCUT2D eigenvalue weighted by molar-refractivity contribution is -0.0691. The quantitative estimate of drug-likeness (QED) is 0.923. The highest BCUT2D eigenvalue weighted by Crippen LogP contribution is 2.19. The predicted octanol–water partition coefficient (Wildman–Crippen LogP) is 2.83. The van der Waals surface area contributed by atoms with Crippen LogP contribution in [0.1, 0.15) is 42.3 Å². The summed E-state index contributed by atoms with van der Waals surface area (Å²) in [4.78, 5) is 24.5. The van der Waals surface area contributed by atoms with E-state index in [0.717, 1.165) is 11.1 Å². The van der Waals surface area contributed by atoms with E-state index in [-0.39, 0.29) is 17.8 Å². The Morgan fingerprint density at radius 1 is 1.30 bits per heavy atom. The average molecular weight is 321 g/mol. The molecule has 0 aromatic heterocycles. The van der Waals surface area contributed by atoms with Crippen molar-refractivity contribution in [1.82, 2.24) is 4.90 Å². The van der Waals surface area contributed by atoms with Crippen LogP contribution in [0.25, 0.3) is 0 Å². The minimum Gasteiger partial charge on any atom is -0.478 e. The van der Waals surface area contributed by atoms with Crippen LogP contribution < -0.4 is 0 Å². The smallest absolute Gasteiger partial charge is 0.410 e. The van der Waals surface area contributed by atoms with Gasteiger partial charge in [0.1, 0.15) is 5.60 Å². The Bertz CT molecular complexity index is 599. The minimum atomic E-state index is -0.941. The van der Waals surface area contributed by atoms with Crippen LogP contribution in [-0.4, -0.2) is 46.9 Å². The van der Waals surface area contributed by atoms with Gasteiger partial charge in [-0.2, -0.15) is 0 Å². The molecule has 0 saturated carbocycles. The molecular weight excluding hydrogens is 298 g/mol. The van der Waals surface area contributed by atoms with Crippen LogP contribution in [0.4, 0.5) is 4.79 Å². The number of nitrogens with zero attached hydrogens (tertiary/aromatic N) is 1. The van der Waals surface area contributed by atoms with Crippen molar-refractivity contribution >= 4 is 12.1 Å². The summed E-state index contributed by atoms with van der Waals surface area (Å²) in [5.74, 6) is -0.941. The summed E-state index contributed by atoms with van der Waals surface area (Å²) >= 11 is 0. The summed E-state index contributed by atoms with van der Waals surface area (Å²) in [5, 5.41) is 9.11. The maximum Gasteiger partial charge on any atom is 0.410 e. The van der Waals surface area contributed by atoms with Crippen LogP contribution >= 0.6 is 0 Å². The van der Waals surface area contributed by atoms with Gasteiger partial charge >= 0.3 is 12.1 Å². The van der Waals surface area contributed by atoms with Gasteiger partial charge in [-0.05, 0) is 44.9 Å². The Balaban J connectivity index is 1.80. The summed E-state index contributed by atoms with van der Waals surface area (Å²) < 4.78 is 11.0. The Hall–Kier alpha value is -2.08. The molecule has 0 unspecified atom stereocenters. The Morgan fingerprint density at radius 3 is 2.52 bits per heavy atom. The fourth-order valence-electron chi connectivity index (χ4n) is 2.22. The molecule has 0 radical (unpaired) electrons. The zero-order chi connectivity index (χ0) is 17.2. The van der Waals surface area contributed by atoms with E-state index >= 15 is 0 Å². The molecule has 0 bridgehead atoms. The summed E-state index contributed by atoms with van der Waals surface area (Å²) in [7, 11) is 0. The minimum absolute atomic E-state index is 0.0444. The number of benzene rings is 1. The summed E-state index contributed by atoms with van der Waals surface area (Å²) in [6, 6.07) is 5.25. The summed E-state index contributed by atoms with van der Waals surface area (Å²) in [6.07, 6.45) is -0.377. The van der Waals surface area contributed by atoms with E-state index in [1.807, 2.05) is 26.8 Å². The third kappa shape index (κ3) is 4.69. The first-order valence-electron chi connectivity index (χ1n) is 7.58. The van der Waals surface area contributed by atoms with Crippen molar-refractivity contribution in [3.63, 3.8) is 0 Å². The molecule has 0 aliphatic carbocycles. The molecule has 1 aromatic carbocycles. The van der Waals surface area contributed by atoms with E-state index < -0.39 is 11.6 Å². The monoisotopic (exact) mass is 321 g/mol. The van der Waals surface area contributed by atoms with Crippen LogP contribution in [0.3, 0.4) is 0 Å². The largest absolute Gasteiger partial charge is 0.478 e. The fourth-order valence-corrected chi connectivity index (χ4v) is 2.22. The van der Waals surface area contributed by atoms with Gasteiger partial charge in [0.2, 0.25) is 0 Å². The zero-order valence-corrected chi connectivity index (χ0v) is 14.0. The topological polar surface area (TPSA) is 76.1 Å². The molecule has 1 aliphatic rings. The molecule has 2 rings (SSSR count). The van der Waals surface area contributed by atoms with Crippen molar-refractivity contribution in [2.24, 2.45) is 0 Å². The Morgan fingerprint density at radius 2 is 1.96 bits per heavy atom. The second-order valence-electron chi connectivity index (χ2n) is 6.77. The molecule has 0 atom stereocenters. The van der Waals surface area contributed by atoms with Gasteiger partial charge < -0.3 is 19.5 Å². The van der Waals surface area contributed by atoms with Crippen molar-refractivity contribution in [2.75, 3.05) is 13.1 Å². The first-order valence-corrected chi connectivity index (χ1v) is 7.58. The average Bonchev–Trinajstić information content (AvgIpc) is 2.36. The van der Waals surface area contributed by atoms with E-state index in [1.54, 1.807) is 24.0 Å². The van der Waals surface area contributed by atoms with E-state index in [1.165, 1.54) is 0 Å². The van der Waals surface area contributed by atoms with Gasteiger partial charge in [0, 0.05) is 0 Å². The lowest BCUT2D eigenvalue weighted by Gasteiger charge is -2.39. The van der Waals surface area contributed by atoms with Crippen molar-refractivity contribution < 1.29 is 24.2 Å². The number of ether oxygens (including phenoxy) is 2. The molecule has 6 heteroatoms. The van der Waals surface area contributed by atoms with Crippen LogP contribution in [0, 0.1) is 6.92 Å². The Kier molecular flexibility index (Phi) is 4.94. The lowest BCUT2D eigenvalue weighted by Crippen LogP contribution is -2.55. The van der Waals surface area contributed by atoms with E-state index in [2.05, 4.69) is 0 Å².